The van der Waals surface area contributed by atoms with E-state index in [1.807, 2.05) is 0 Å². The molecule has 2 bridgehead atoms. The number of fused-ring (bicyclic) bond motifs is 5. The zero-order valence-corrected chi connectivity index (χ0v) is 41.0. The molecule has 0 spiro atoms. The Morgan fingerprint density at radius 2 is 1.50 bits per heavy atom. The molecule has 1 unspecified atom stereocenters. The van der Waals surface area contributed by atoms with Crippen molar-refractivity contribution in [3.63, 3.8) is 0 Å². The molecule has 16 heteroatoms. The molecule has 7 rings (SSSR count). The molecule has 2 saturated carbocycles. The Kier molecular flexibility index (Phi) is 15.6. The lowest BCUT2D eigenvalue weighted by atomic mass is 9.44. The van der Waals surface area contributed by atoms with E-state index in [0.29, 0.717) is 16.7 Å². The number of hydrogen-bond donors (Lipinski definition) is 3. The maximum Gasteiger partial charge on any atom is 0.338 e. The second-order valence-electron chi connectivity index (χ2n) is 19.3. The maximum atomic E-state index is 15.3. The number of esters is 4. The summed E-state index contributed by atoms with van der Waals surface area (Å²) in [7, 11) is 0. The molecule has 1 saturated heterocycles. The molecule has 70 heavy (non-hydrogen) atoms. The van der Waals surface area contributed by atoms with Gasteiger partial charge in [0.2, 0.25) is 0 Å². The summed E-state index contributed by atoms with van der Waals surface area (Å²) in [6, 6.07) is 24.1. The number of rotatable bonds is 17. The van der Waals surface area contributed by atoms with Crippen LogP contribution in [-0.4, -0.2) is 120 Å². The number of nitrogens with one attached hydrogen (secondary N) is 1. The normalized spacial score (nSPS) is 31.0. The van der Waals surface area contributed by atoms with Crippen LogP contribution in [0, 0.1) is 16.7 Å². The van der Waals surface area contributed by atoms with Crippen LogP contribution in [-0.2, 0) is 52.3 Å². The van der Waals surface area contributed by atoms with Crippen molar-refractivity contribution in [2.75, 3.05) is 19.8 Å². The smallest absolute Gasteiger partial charge is 0.338 e. The minimum atomic E-state index is -2.31. The summed E-state index contributed by atoms with van der Waals surface area (Å²) in [5.74, 6) is -5.20. The van der Waals surface area contributed by atoms with Crippen LogP contribution in [0.4, 0.5) is 0 Å². The minimum Gasteiger partial charge on any atom is -0.456 e. The molecule has 3 N–H and O–H groups in total. The van der Waals surface area contributed by atoms with Crippen molar-refractivity contribution in [3.8, 4) is 0 Å². The van der Waals surface area contributed by atoms with Gasteiger partial charge in [-0.15, -0.1) is 6.58 Å². The van der Waals surface area contributed by atoms with Crippen LogP contribution in [0.25, 0.3) is 0 Å². The lowest BCUT2D eigenvalue weighted by Gasteiger charge is -2.69. The highest BCUT2D eigenvalue weighted by Gasteiger charge is 2.78. The van der Waals surface area contributed by atoms with Crippen LogP contribution in [0.3, 0.4) is 0 Å². The van der Waals surface area contributed by atoms with Gasteiger partial charge in [-0.05, 0) is 61.7 Å². The molecule has 0 aromatic heterocycles. The summed E-state index contributed by atoms with van der Waals surface area (Å²) in [5, 5.41) is 30.4. The number of aliphatic hydroxyl groups is 2. The van der Waals surface area contributed by atoms with Gasteiger partial charge in [0, 0.05) is 49.7 Å². The molecule has 3 aromatic carbocycles. The van der Waals surface area contributed by atoms with E-state index < -0.39 is 119 Å². The van der Waals surface area contributed by atoms with Gasteiger partial charge in [-0.1, -0.05) is 93.6 Å². The highest BCUT2D eigenvalue weighted by atomic mass is 16.7. The van der Waals surface area contributed by atoms with E-state index in [1.165, 1.54) is 19.9 Å². The first-order chi connectivity index (χ1) is 33.2. The first-order valence-electron chi connectivity index (χ1n) is 23.7. The van der Waals surface area contributed by atoms with Crippen molar-refractivity contribution in [3.05, 3.63) is 131 Å². The summed E-state index contributed by atoms with van der Waals surface area (Å²) in [5.41, 5.74) is -5.82. The Balaban J connectivity index is 1.44. The fourth-order valence-corrected chi connectivity index (χ4v) is 11.4. The Hall–Kier alpha value is -5.75. The number of benzene rings is 3. The zero-order chi connectivity index (χ0) is 50.8. The monoisotopic (exact) mass is 967 g/mol. The standard InChI is InChI=1S/C54H65NO15/c1-10-27-64-39-28-40-53(30-65-40,70-33(5)57)45-47(69-49(60)37-25-19-14-20-26-37)54(62)29-38(31(3)41(51(54,7)8)43(66-32(4)56)46(58)52(39,45)9)68-50(61)44(67-34(6)63-11-2)42(35-21-15-12-16-22-35)55-48(59)36-23-17-13-18-24-36/h10,12-26,34,38-40,42-47,58,62H,1,11,27-30H2,2-9H3,(H,55,59)/t34?,38-,39-,40+,42-,43+,44+,45-,46-,47-,52+,53-,54+/m0/s1. The molecule has 1 aliphatic heterocycles. The molecule has 0 radical (unpaired) electrons. The molecule has 1 amide bonds. The summed E-state index contributed by atoms with van der Waals surface area (Å²) < 4.78 is 50.4. The molecule has 376 valence electrons. The van der Waals surface area contributed by atoms with Crippen LogP contribution in [0.5, 0.6) is 0 Å². The number of ether oxygens (including phenoxy) is 8. The SMILES string of the molecule is C=CCO[C@H]1C[C@H]2OC[C@@]2(OC(C)=O)[C@H]2[C@H](OC(=O)c3ccccc3)[C@]3(O)C[C@H](OC(=O)[C@H](OC(C)OCC)[C@@H](NC(=O)c4ccccc4)c4ccccc4)C(C)=C([C@@H](OC(C)=O)[C@H](O)[C@]12C)C3(C)C. The van der Waals surface area contributed by atoms with Gasteiger partial charge in [0.05, 0.1) is 36.8 Å². The summed E-state index contributed by atoms with van der Waals surface area (Å²) in [4.78, 5) is 70.5. The Bertz CT molecular complexity index is 2430. The first kappa shape index (κ1) is 52.1. The molecule has 3 aromatic rings. The van der Waals surface area contributed by atoms with E-state index in [0.717, 1.165) is 0 Å². The second-order valence-corrected chi connectivity index (χ2v) is 19.3. The lowest BCUT2D eigenvalue weighted by molar-refractivity contribution is -0.367. The van der Waals surface area contributed by atoms with Gasteiger partial charge in [-0.3, -0.25) is 14.4 Å². The van der Waals surface area contributed by atoms with E-state index in [1.54, 1.807) is 133 Å². The fourth-order valence-electron chi connectivity index (χ4n) is 11.4. The van der Waals surface area contributed by atoms with Gasteiger partial charge in [0.15, 0.2) is 24.1 Å². The van der Waals surface area contributed by atoms with E-state index in [2.05, 4.69) is 11.9 Å². The van der Waals surface area contributed by atoms with Crippen LogP contribution < -0.4 is 5.32 Å². The molecule has 3 aliphatic carbocycles. The molecule has 4 aliphatic rings. The van der Waals surface area contributed by atoms with Crippen LogP contribution in [0.2, 0.25) is 0 Å². The number of carbonyl (C=O) groups excluding carboxylic acids is 5. The lowest BCUT2D eigenvalue weighted by Crippen LogP contribution is -2.82. The quantitative estimate of drug-likeness (QED) is 0.0600. The van der Waals surface area contributed by atoms with Crippen molar-refractivity contribution in [1.82, 2.24) is 5.32 Å². The molecule has 1 heterocycles. The van der Waals surface area contributed by atoms with Gasteiger partial charge in [0.1, 0.15) is 30.0 Å². The fraction of sp³-hybridized carbons (Fsp3) is 0.500. The number of aliphatic hydroxyl groups excluding tert-OH is 1. The molecule has 13 atom stereocenters. The van der Waals surface area contributed by atoms with Crippen molar-refractivity contribution in [2.45, 2.75) is 134 Å². The Labute approximate surface area is 408 Å². The van der Waals surface area contributed by atoms with Gasteiger partial charge >= 0.3 is 23.9 Å². The van der Waals surface area contributed by atoms with E-state index in [-0.39, 0.29) is 37.4 Å². The summed E-state index contributed by atoms with van der Waals surface area (Å²) in [6.45, 7) is 16.2. The predicted octanol–water partition coefficient (Wildman–Crippen LogP) is 6.14. The summed E-state index contributed by atoms with van der Waals surface area (Å²) in [6.07, 6.45) is -9.70. The molecular weight excluding hydrogens is 903 g/mol. The third-order valence-electron chi connectivity index (χ3n) is 14.8. The van der Waals surface area contributed by atoms with Crippen LogP contribution >= 0.6 is 0 Å². The Morgan fingerprint density at radius 1 is 0.886 bits per heavy atom. The number of hydrogen-bond acceptors (Lipinski definition) is 15. The average molecular weight is 968 g/mol. The van der Waals surface area contributed by atoms with E-state index in [9.17, 15) is 29.4 Å². The van der Waals surface area contributed by atoms with Crippen LogP contribution in [0.15, 0.2) is 115 Å². The van der Waals surface area contributed by atoms with Crippen molar-refractivity contribution >= 4 is 29.8 Å². The summed E-state index contributed by atoms with van der Waals surface area (Å²) >= 11 is 0. The van der Waals surface area contributed by atoms with Gasteiger partial charge in [-0.2, -0.15) is 0 Å². The predicted molar refractivity (Wildman–Crippen MR) is 253 cm³/mol. The third-order valence-corrected chi connectivity index (χ3v) is 14.8. The van der Waals surface area contributed by atoms with Crippen molar-refractivity contribution in [1.29, 1.82) is 0 Å². The van der Waals surface area contributed by atoms with E-state index in [4.69, 9.17) is 37.9 Å². The zero-order valence-electron chi connectivity index (χ0n) is 41.0. The molecule has 3 fully saturated rings. The highest BCUT2D eigenvalue weighted by molar-refractivity contribution is 5.95. The minimum absolute atomic E-state index is 0.00385. The second kappa shape index (κ2) is 20.9. The number of amides is 1. The maximum absolute atomic E-state index is 15.3. The largest absolute Gasteiger partial charge is 0.456 e. The number of carbonyl (C=O) groups is 5. The van der Waals surface area contributed by atoms with Crippen molar-refractivity contribution < 1.29 is 72.1 Å². The Morgan fingerprint density at radius 3 is 2.06 bits per heavy atom. The topological polar surface area (TPSA) is 212 Å². The average Bonchev–Trinajstić information content (AvgIpc) is 3.32. The van der Waals surface area contributed by atoms with Crippen molar-refractivity contribution in [2.24, 2.45) is 16.7 Å². The van der Waals surface area contributed by atoms with E-state index >= 15 is 4.79 Å². The molecule has 16 nitrogen and oxygen atoms in total. The third kappa shape index (κ3) is 9.57. The molecular formula is C54H65NO15. The van der Waals surface area contributed by atoms with Gasteiger partial charge < -0.3 is 53.4 Å². The van der Waals surface area contributed by atoms with Gasteiger partial charge in [-0.25, -0.2) is 9.59 Å². The van der Waals surface area contributed by atoms with Crippen LogP contribution in [0.1, 0.15) is 101 Å². The first-order valence-corrected chi connectivity index (χ1v) is 23.7. The van der Waals surface area contributed by atoms with Gasteiger partial charge in [0.25, 0.3) is 5.91 Å². The highest BCUT2D eigenvalue weighted by Crippen LogP contribution is 2.66.